The molecule has 0 fully saturated rings. The maximum absolute atomic E-state index is 12.5. The Kier molecular flexibility index (Phi) is 5.27. The number of hydrogen-bond donors (Lipinski definition) is 1. The summed E-state index contributed by atoms with van der Waals surface area (Å²) in [6.07, 6.45) is 0. The van der Waals surface area contributed by atoms with Crippen LogP contribution in [0.25, 0.3) is 0 Å². The van der Waals surface area contributed by atoms with Gasteiger partial charge in [-0.05, 0) is 37.1 Å². The summed E-state index contributed by atoms with van der Waals surface area (Å²) in [5.74, 6) is 1.31. The summed E-state index contributed by atoms with van der Waals surface area (Å²) in [5.41, 5.74) is 1.36. The van der Waals surface area contributed by atoms with Crippen LogP contribution in [-0.4, -0.2) is 20.1 Å². The molecule has 23 heavy (non-hydrogen) atoms. The molecule has 1 N–H and O–H groups in total. The van der Waals surface area contributed by atoms with Crippen molar-refractivity contribution in [1.29, 1.82) is 0 Å². The molecule has 0 saturated heterocycles. The number of carbonyl (C=O) groups is 1. The van der Waals surface area contributed by atoms with Gasteiger partial charge in [0, 0.05) is 6.54 Å². The van der Waals surface area contributed by atoms with Gasteiger partial charge in [0.1, 0.15) is 0 Å². The highest BCUT2D eigenvalue weighted by atomic mass is 16.5. The van der Waals surface area contributed by atoms with Crippen LogP contribution in [0, 0.1) is 0 Å². The standard InChI is InChI=1S/C19H23NO3/c1-19(2,15-8-6-5-7-9-15)18(21)20-13-14-10-11-16(22-3)17(12-14)23-4/h5-12H,13H2,1-4H3,(H,20,21). The fourth-order valence-corrected chi connectivity index (χ4v) is 2.38. The van der Waals surface area contributed by atoms with E-state index >= 15 is 0 Å². The quantitative estimate of drug-likeness (QED) is 0.890. The van der Waals surface area contributed by atoms with E-state index in [0.29, 0.717) is 18.0 Å². The first-order valence-corrected chi connectivity index (χ1v) is 7.53. The van der Waals surface area contributed by atoms with Crippen molar-refractivity contribution in [1.82, 2.24) is 5.32 Å². The van der Waals surface area contributed by atoms with Crippen molar-refractivity contribution >= 4 is 5.91 Å². The predicted molar refractivity (Wildman–Crippen MR) is 90.9 cm³/mol. The zero-order valence-corrected chi connectivity index (χ0v) is 14.1. The summed E-state index contributed by atoms with van der Waals surface area (Å²) < 4.78 is 10.5. The van der Waals surface area contributed by atoms with E-state index in [1.165, 1.54) is 0 Å². The molecule has 0 heterocycles. The Hall–Kier alpha value is -2.49. The molecule has 0 radical (unpaired) electrons. The molecule has 0 atom stereocenters. The summed E-state index contributed by atoms with van der Waals surface area (Å²) in [4.78, 5) is 12.5. The van der Waals surface area contributed by atoms with Crippen LogP contribution in [0.4, 0.5) is 0 Å². The highest BCUT2D eigenvalue weighted by molar-refractivity contribution is 5.87. The van der Waals surface area contributed by atoms with E-state index in [2.05, 4.69) is 5.32 Å². The number of benzene rings is 2. The van der Waals surface area contributed by atoms with Gasteiger partial charge in [0.2, 0.25) is 5.91 Å². The van der Waals surface area contributed by atoms with Crippen molar-refractivity contribution in [3.8, 4) is 11.5 Å². The fraction of sp³-hybridized carbons (Fsp3) is 0.316. The Labute approximate surface area is 137 Å². The molecule has 4 heteroatoms. The molecule has 0 aliphatic carbocycles. The number of nitrogens with one attached hydrogen (secondary N) is 1. The molecule has 0 unspecified atom stereocenters. The topological polar surface area (TPSA) is 47.6 Å². The van der Waals surface area contributed by atoms with Crippen LogP contribution in [0.2, 0.25) is 0 Å². The van der Waals surface area contributed by atoms with Gasteiger partial charge in [-0.2, -0.15) is 0 Å². The van der Waals surface area contributed by atoms with Gasteiger partial charge in [-0.1, -0.05) is 36.4 Å². The summed E-state index contributed by atoms with van der Waals surface area (Å²) in [5, 5.41) is 2.99. The van der Waals surface area contributed by atoms with Crippen LogP contribution >= 0.6 is 0 Å². The van der Waals surface area contributed by atoms with Crippen LogP contribution in [0.15, 0.2) is 48.5 Å². The lowest BCUT2D eigenvalue weighted by Crippen LogP contribution is -2.39. The largest absolute Gasteiger partial charge is 0.493 e. The third-order valence-corrected chi connectivity index (χ3v) is 3.96. The number of rotatable bonds is 6. The summed E-state index contributed by atoms with van der Waals surface area (Å²) in [7, 11) is 3.19. The van der Waals surface area contributed by atoms with Crippen molar-refractivity contribution in [2.24, 2.45) is 0 Å². The van der Waals surface area contributed by atoms with Crippen molar-refractivity contribution < 1.29 is 14.3 Å². The van der Waals surface area contributed by atoms with Gasteiger partial charge in [-0.25, -0.2) is 0 Å². The van der Waals surface area contributed by atoms with Gasteiger partial charge >= 0.3 is 0 Å². The highest BCUT2D eigenvalue weighted by Gasteiger charge is 2.29. The molecule has 1 amide bonds. The lowest BCUT2D eigenvalue weighted by atomic mass is 9.84. The van der Waals surface area contributed by atoms with Gasteiger partial charge < -0.3 is 14.8 Å². The molecule has 0 aromatic heterocycles. The zero-order chi connectivity index (χ0) is 16.9. The summed E-state index contributed by atoms with van der Waals surface area (Å²) >= 11 is 0. The van der Waals surface area contributed by atoms with Crippen LogP contribution < -0.4 is 14.8 Å². The zero-order valence-electron chi connectivity index (χ0n) is 14.1. The first-order chi connectivity index (χ1) is 11.0. The van der Waals surface area contributed by atoms with E-state index in [0.717, 1.165) is 11.1 Å². The molecule has 122 valence electrons. The Morgan fingerprint density at radius 3 is 2.26 bits per heavy atom. The number of amides is 1. The number of carbonyl (C=O) groups excluding carboxylic acids is 1. The average molecular weight is 313 g/mol. The molecule has 2 aromatic carbocycles. The van der Waals surface area contributed by atoms with E-state index in [1.54, 1.807) is 14.2 Å². The van der Waals surface area contributed by atoms with E-state index in [4.69, 9.17) is 9.47 Å². The minimum absolute atomic E-state index is 0.0153. The van der Waals surface area contributed by atoms with Gasteiger partial charge in [-0.15, -0.1) is 0 Å². The van der Waals surface area contributed by atoms with Crippen LogP contribution in [0.5, 0.6) is 11.5 Å². The van der Waals surface area contributed by atoms with E-state index in [9.17, 15) is 4.79 Å². The van der Waals surface area contributed by atoms with Gasteiger partial charge in [-0.3, -0.25) is 4.79 Å². The van der Waals surface area contributed by atoms with Crippen LogP contribution in [0.1, 0.15) is 25.0 Å². The predicted octanol–water partition coefficient (Wildman–Crippen LogP) is 3.30. The summed E-state index contributed by atoms with van der Waals surface area (Å²) in [6, 6.07) is 15.4. The highest BCUT2D eigenvalue weighted by Crippen LogP contribution is 2.28. The molecule has 2 aromatic rings. The Morgan fingerprint density at radius 2 is 1.65 bits per heavy atom. The molecular formula is C19H23NO3. The van der Waals surface area contributed by atoms with Gasteiger partial charge in [0.15, 0.2) is 11.5 Å². The minimum atomic E-state index is -0.585. The summed E-state index contributed by atoms with van der Waals surface area (Å²) in [6.45, 7) is 4.29. The monoisotopic (exact) mass is 313 g/mol. The van der Waals surface area contributed by atoms with Crippen molar-refractivity contribution in [3.05, 3.63) is 59.7 Å². The first-order valence-electron chi connectivity index (χ1n) is 7.53. The molecule has 0 spiro atoms. The first kappa shape index (κ1) is 16.9. The average Bonchev–Trinajstić information content (AvgIpc) is 2.59. The molecule has 2 rings (SSSR count). The van der Waals surface area contributed by atoms with E-state index in [1.807, 2.05) is 62.4 Å². The van der Waals surface area contributed by atoms with Crippen molar-refractivity contribution in [2.45, 2.75) is 25.8 Å². The number of hydrogen-bond acceptors (Lipinski definition) is 3. The molecule has 0 aliphatic rings. The molecule has 4 nitrogen and oxygen atoms in total. The SMILES string of the molecule is COc1ccc(CNC(=O)C(C)(C)c2ccccc2)cc1OC. The number of methoxy groups -OCH3 is 2. The third kappa shape index (κ3) is 3.83. The second-order valence-electron chi connectivity index (χ2n) is 5.86. The maximum atomic E-state index is 12.5. The maximum Gasteiger partial charge on any atom is 0.230 e. The van der Waals surface area contributed by atoms with Gasteiger partial charge in [0.25, 0.3) is 0 Å². The minimum Gasteiger partial charge on any atom is -0.493 e. The smallest absolute Gasteiger partial charge is 0.230 e. The Bertz CT molecular complexity index is 666. The van der Waals surface area contributed by atoms with Crippen LogP contribution in [-0.2, 0) is 16.8 Å². The van der Waals surface area contributed by atoms with E-state index < -0.39 is 5.41 Å². The normalized spacial score (nSPS) is 11.0. The van der Waals surface area contributed by atoms with Gasteiger partial charge in [0.05, 0.1) is 19.6 Å². The lowest BCUT2D eigenvalue weighted by Gasteiger charge is -2.24. The second-order valence-corrected chi connectivity index (χ2v) is 5.86. The molecule has 0 aliphatic heterocycles. The third-order valence-electron chi connectivity index (χ3n) is 3.96. The fourth-order valence-electron chi connectivity index (χ4n) is 2.38. The van der Waals surface area contributed by atoms with Crippen molar-refractivity contribution in [3.63, 3.8) is 0 Å². The van der Waals surface area contributed by atoms with Crippen LogP contribution in [0.3, 0.4) is 0 Å². The number of ether oxygens (including phenoxy) is 2. The van der Waals surface area contributed by atoms with E-state index in [-0.39, 0.29) is 5.91 Å². The van der Waals surface area contributed by atoms with Crippen molar-refractivity contribution in [2.75, 3.05) is 14.2 Å². The second kappa shape index (κ2) is 7.18. The Balaban J connectivity index is 2.07. The molecule has 0 bridgehead atoms. The lowest BCUT2D eigenvalue weighted by molar-refractivity contribution is -0.125. The molecule has 0 saturated carbocycles. The molecular weight excluding hydrogens is 290 g/mol. The Morgan fingerprint density at radius 1 is 1.00 bits per heavy atom.